The number of aryl methyl sites for hydroxylation is 1. The quantitative estimate of drug-likeness (QED) is 0.355. The third-order valence-electron chi connectivity index (χ3n) is 6.43. The van der Waals surface area contributed by atoms with Crippen molar-refractivity contribution in [2.45, 2.75) is 48.5 Å². The molecule has 1 heteroatoms. The van der Waals surface area contributed by atoms with Crippen LogP contribution in [0, 0.1) is 48.5 Å². The summed E-state index contributed by atoms with van der Waals surface area (Å²) in [5.74, 6) is 0. The van der Waals surface area contributed by atoms with Crippen molar-refractivity contribution < 1.29 is 0 Å². The average molecular weight is 405 g/mol. The molecule has 3 aromatic rings. The molecule has 0 radical (unpaired) electrons. The molecule has 0 nitrogen and oxygen atoms in total. The van der Waals surface area contributed by atoms with Gasteiger partial charge in [-0.15, -0.1) is 0 Å². The summed E-state index contributed by atoms with van der Waals surface area (Å²) in [5.41, 5.74) is 16.0. The first-order valence-electron chi connectivity index (χ1n) is 9.31. The SMILES string of the molecule is Cc1cc2c(c(C)c1C)-c1c(C)c(C)c(C)c(C)c1[Se]c1ccccc1-2. The van der Waals surface area contributed by atoms with Gasteiger partial charge in [-0.25, -0.2) is 0 Å². The third kappa shape index (κ3) is 2.34. The molecule has 1 aliphatic rings. The Balaban J connectivity index is 2.27. The fourth-order valence-corrected chi connectivity index (χ4v) is 6.98. The molecule has 4 rings (SSSR count). The van der Waals surface area contributed by atoms with E-state index in [0.717, 1.165) is 0 Å². The molecule has 0 N–H and O–H groups in total. The van der Waals surface area contributed by atoms with Gasteiger partial charge in [-0.3, -0.25) is 0 Å². The third-order valence-corrected chi connectivity index (χ3v) is 9.14. The average Bonchev–Trinajstić information content (AvgIpc) is 2.78. The van der Waals surface area contributed by atoms with Gasteiger partial charge in [0.1, 0.15) is 0 Å². The molecule has 0 aromatic heterocycles. The van der Waals surface area contributed by atoms with E-state index in [1.54, 1.807) is 4.46 Å². The van der Waals surface area contributed by atoms with Gasteiger partial charge >= 0.3 is 164 Å². The molecule has 1 aliphatic heterocycles. The van der Waals surface area contributed by atoms with Crippen LogP contribution in [0.2, 0.25) is 0 Å². The van der Waals surface area contributed by atoms with E-state index in [2.05, 4.69) is 78.8 Å². The minimum absolute atomic E-state index is 0.326. The van der Waals surface area contributed by atoms with Gasteiger partial charge in [0.25, 0.3) is 0 Å². The Bertz CT molecular complexity index is 1070. The van der Waals surface area contributed by atoms with Gasteiger partial charge in [-0.1, -0.05) is 0 Å². The Morgan fingerprint density at radius 3 is 1.92 bits per heavy atom. The topological polar surface area (TPSA) is 0 Å². The molecular weight excluding hydrogens is 379 g/mol. The molecule has 0 amide bonds. The van der Waals surface area contributed by atoms with Crippen molar-refractivity contribution >= 4 is 23.9 Å². The van der Waals surface area contributed by atoms with Crippen LogP contribution in [-0.2, 0) is 0 Å². The van der Waals surface area contributed by atoms with E-state index >= 15 is 0 Å². The summed E-state index contributed by atoms with van der Waals surface area (Å²) in [6.45, 7) is 16.1. The second-order valence-electron chi connectivity index (χ2n) is 7.67. The van der Waals surface area contributed by atoms with Crippen LogP contribution in [0.4, 0.5) is 0 Å². The van der Waals surface area contributed by atoms with E-state index in [-0.39, 0.29) is 0 Å². The van der Waals surface area contributed by atoms with Crippen LogP contribution in [0.5, 0.6) is 0 Å². The summed E-state index contributed by atoms with van der Waals surface area (Å²) in [6.07, 6.45) is 0. The first kappa shape index (κ1) is 17.6. The van der Waals surface area contributed by atoms with E-state index in [4.69, 9.17) is 0 Å². The van der Waals surface area contributed by atoms with Crippen LogP contribution in [0.1, 0.15) is 38.9 Å². The van der Waals surface area contributed by atoms with E-state index in [1.807, 2.05) is 0 Å². The molecule has 1 heterocycles. The summed E-state index contributed by atoms with van der Waals surface area (Å²) in [6, 6.07) is 11.5. The summed E-state index contributed by atoms with van der Waals surface area (Å²) < 4.78 is 3.09. The number of fused-ring (bicyclic) bond motifs is 5. The molecular formula is C25H26Se. The monoisotopic (exact) mass is 406 g/mol. The molecule has 3 aromatic carbocycles. The Morgan fingerprint density at radius 2 is 1.19 bits per heavy atom. The fraction of sp³-hybridized carbons (Fsp3) is 0.280. The van der Waals surface area contributed by atoms with Gasteiger partial charge in [-0.05, 0) is 0 Å². The number of hydrogen-bond donors (Lipinski definition) is 0. The summed E-state index contributed by atoms with van der Waals surface area (Å²) in [4.78, 5) is 0. The van der Waals surface area contributed by atoms with Gasteiger partial charge in [0.05, 0.1) is 0 Å². The van der Waals surface area contributed by atoms with Crippen LogP contribution in [0.3, 0.4) is 0 Å². The molecule has 0 spiro atoms. The van der Waals surface area contributed by atoms with Crippen LogP contribution >= 0.6 is 0 Å². The molecule has 0 saturated heterocycles. The Kier molecular flexibility index (Phi) is 4.14. The maximum absolute atomic E-state index is 2.42. The van der Waals surface area contributed by atoms with Crippen molar-refractivity contribution in [3.05, 3.63) is 69.3 Å². The zero-order valence-corrected chi connectivity index (χ0v) is 18.5. The molecule has 0 unspecified atom stereocenters. The zero-order valence-electron chi connectivity index (χ0n) is 16.8. The second-order valence-corrected chi connectivity index (χ2v) is 9.88. The van der Waals surface area contributed by atoms with Crippen LogP contribution in [-0.4, -0.2) is 15.0 Å². The van der Waals surface area contributed by atoms with Crippen LogP contribution in [0.15, 0.2) is 30.3 Å². The Hall–Kier alpha value is -1.82. The van der Waals surface area contributed by atoms with Crippen molar-refractivity contribution in [2.75, 3.05) is 0 Å². The van der Waals surface area contributed by atoms with E-state index in [1.165, 1.54) is 65.7 Å². The number of benzene rings is 3. The summed E-state index contributed by atoms with van der Waals surface area (Å²) in [5, 5.41) is 0. The first-order valence-corrected chi connectivity index (χ1v) is 11.0. The van der Waals surface area contributed by atoms with Crippen molar-refractivity contribution in [1.29, 1.82) is 0 Å². The molecule has 0 fully saturated rings. The molecule has 132 valence electrons. The van der Waals surface area contributed by atoms with Gasteiger partial charge < -0.3 is 0 Å². The van der Waals surface area contributed by atoms with E-state index in [9.17, 15) is 0 Å². The van der Waals surface area contributed by atoms with Crippen molar-refractivity contribution in [3.63, 3.8) is 0 Å². The molecule has 26 heavy (non-hydrogen) atoms. The van der Waals surface area contributed by atoms with Gasteiger partial charge in [0.2, 0.25) is 0 Å². The fourth-order valence-electron chi connectivity index (χ4n) is 4.21. The predicted molar refractivity (Wildman–Crippen MR) is 115 cm³/mol. The Labute approximate surface area is 163 Å². The van der Waals surface area contributed by atoms with E-state index < -0.39 is 0 Å². The number of rotatable bonds is 0. The molecule has 0 saturated carbocycles. The van der Waals surface area contributed by atoms with Gasteiger partial charge in [0.15, 0.2) is 0 Å². The Morgan fingerprint density at radius 1 is 0.577 bits per heavy atom. The standard InChI is InChI=1S/C25H26Se/c1-13-12-21-20-10-8-9-11-22(20)26-25-19(7)16(4)15(3)18(6)24(25)23(21)17(5)14(13)2/h8-12H,1-7H3. The van der Waals surface area contributed by atoms with Crippen LogP contribution < -0.4 is 8.92 Å². The minimum atomic E-state index is 0.326. The normalized spacial score (nSPS) is 12.3. The second kappa shape index (κ2) is 6.12. The van der Waals surface area contributed by atoms with Gasteiger partial charge in [0, 0.05) is 0 Å². The van der Waals surface area contributed by atoms with Gasteiger partial charge in [-0.2, -0.15) is 0 Å². The molecule has 0 aliphatic carbocycles. The molecule has 0 atom stereocenters. The van der Waals surface area contributed by atoms with Crippen LogP contribution in [0.25, 0.3) is 22.3 Å². The summed E-state index contributed by atoms with van der Waals surface area (Å²) >= 11 is 0.326. The van der Waals surface area contributed by atoms with Crippen molar-refractivity contribution in [2.24, 2.45) is 0 Å². The zero-order chi connectivity index (χ0) is 18.7. The molecule has 0 bridgehead atoms. The van der Waals surface area contributed by atoms with Crippen molar-refractivity contribution in [3.8, 4) is 22.3 Å². The number of hydrogen-bond acceptors (Lipinski definition) is 0. The van der Waals surface area contributed by atoms with E-state index in [0.29, 0.717) is 15.0 Å². The predicted octanol–water partition coefficient (Wildman–Crippen LogP) is 5.15. The maximum atomic E-state index is 2.42. The van der Waals surface area contributed by atoms with Crippen molar-refractivity contribution in [1.82, 2.24) is 0 Å². The first-order chi connectivity index (χ1) is 12.3. The summed E-state index contributed by atoms with van der Waals surface area (Å²) in [7, 11) is 0.